The maximum atomic E-state index is 6.09. The van der Waals surface area contributed by atoms with Crippen molar-refractivity contribution in [3.8, 4) is 11.5 Å². The molecule has 1 saturated heterocycles. The standard InChI is InChI=1S/C21H27NO3/c1-3-24-19-11-7-8-12-20(19)25-17-21(23-2)13-14-22(16-21)15-18-9-5-4-6-10-18/h4-12H,3,13-17H2,1-2H3. The molecular weight excluding hydrogens is 314 g/mol. The first-order chi connectivity index (χ1) is 12.2. The molecule has 0 bridgehead atoms. The first-order valence-corrected chi connectivity index (χ1v) is 8.91. The number of ether oxygens (including phenoxy) is 3. The molecule has 0 saturated carbocycles. The third kappa shape index (κ3) is 4.53. The van der Waals surface area contributed by atoms with Crippen molar-refractivity contribution in [2.24, 2.45) is 0 Å². The smallest absolute Gasteiger partial charge is 0.161 e. The summed E-state index contributed by atoms with van der Waals surface area (Å²) in [5.41, 5.74) is 1.06. The lowest BCUT2D eigenvalue weighted by atomic mass is 10.0. The molecule has 0 aromatic heterocycles. The second-order valence-corrected chi connectivity index (χ2v) is 6.50. The number of benzene rings is 2. The Bertz CT molecular complexity index is 661. The van der Waals surface area contributed by atoms with Crippen molar-refractivity contribution in [3.63, 3.8) is 0 Å². The van der Waals surface area contributed by atoms with E-state index in [1.807, 2.05) is 31.2 Å². The van der Waals surface area contributed by atoms with Crippen LogP contribution in [-0.2, 0) is 11.3 Å². The van der Waals surface area contributed by atoms with Gasteiger partial charge in [-0.25, -0.2) is 0 Å². The Balaban J connectivity index is 1.61. The van der Waals surface area contributed by atoms with Crippen LogP contribution in [0.25, 0.3) is 0 Å². The van der Waals surface area contributed by atoms with Crippen LogP contribution in [0.1, 0.15) is 18.9 Å². The molecule has 0 radical (unpaired) electrons. The minimum atomic E-state index is -0.270. The highest BCUT2D eigenvalue weighted by molar-refractivity contribution is 5.39. The van der Waals surface area contributed by atoms with Gasteiger partial charge in [0.05, 0.1) is 6.61 Å². The lowest BCUT2D eigenvalue weighted by Crippen LogP contribution is -2.41. The van der Waals surface area contributed by atoms with Gasteiger partial charge in [0, 0.05) is 26.7 Å². The summed E-state index contributed by atoms with van der Waals surface area (Å²) in [6, 6.07) is 18.4. The van der Waals surface area contributed by atoms with Crippen LogP contribution < -0.4 is 9.47 Å². The third-order valence-corrected chi connectivity index (χ3v) is 4.72. The molecule has 1 fully saturated rings. The minimum absolute atomic E-state index is 0.270. The number of para-hydroxylation sites is 2. The van der Waals surface area contributed by atoms with E-state index in [1.165, 1.54) is 5.56 Å². The number of hydrogen-bond donors (Lipinski definition) is 0. The highest BCUT2D eigenvalue weighted by Crippen LogP contribution is 2.31. The van der Waals surface area contributed by atoms with Gasteiger partial charge in [-0.2, -0.15) is 0 Å². The van der Waals surface area contributed by atoms with Crippen LogP contribution in [0.5, 0.6) is 11.5 Å². The highest BCUT2D eigenvalue weighted by atomic mass is 16.6. The van der Waals surface area contributed by atoms with E-state index in [9.17, 15) is 0 Å². The zero-order chi connectivity index (χ0) is 17.5. The lowest BCUT2D eigenvalue weighted by molar-refractivity contribution is -0.0364. The van der Waals surface area contributed by atoms with Crippen LogP contribution in [-0.4, -0.2) is 43.9 Å². The lowest BCUT2D eigenvalue weighted by Gasteiger charge is -2.28. The van der Waals surface area contributed by atoms with Crippen LogP contribution in [0.2, 0.25) is 0 Å². The zero-order valence-corrected chi connectivity index (χ0v) is 15.1. The Labute approximate surface area is 150 Å². The molecule has 0 aliphatic carbocycles. The van der Waals surface area contributed by atoms with Gasteiger partial charge in [0.1, 0.15) is 12.2 Å². The van der Waals surface area contributed by atoms with E-state index in [0.717, 1.165) is 37.6 Å². The van der Waals surface area contributed by atoms with Gasteiger partial charge in [0.2, 0.25) is 0 Å². The van der Waals surface area contributed by atoms with Crippen LogP contribution in [0.4, 0.5) is 0 Å². The number of hydrogen-bond acceptors (Lipinski definition) is 4. The number of nitrogens with zero attached hydrogens (tertiary/aromatic N) is 1. The Hall–Kier alpha value is -2.04. The monoisotopic (exact) mass is 341 g/mol. The fourth-order valence-electron chi connectivity index (χ4n) is 3.30. The normalized spacial score (nSPS) is 20.6. The molecule has 2 aromatic rings. The molecule has 0 amide bonds. The van der Waals surface area contributed by atoms with Crippen LogP contribution >= 0.6 is 0 Å². The van der Waals surface area contributed by atoms with Crippen LogP contribution in [0.15, 0.2) is 54.6 Å². The molecule has 2 aromatic carbocycles. The summed E-state index contributed by atoms with van der Waals surface area (Å²) >= 11 is 0. The van der Waals surface area contributed by atoms with Gasteiger partial charge >= 0.3 is 0 Å². The maximum absolute atomic E-state index is 6.09. The summed E-state index contributed by atoms with van der Waals surface area (Å²) in [5.74, 6) is 1.57. The van der Waals surface area contributed by atoms with E-state index in [2.05, 4.69) is 35.2 Å². The van der Waals surface area contributed by atoms with Gasteiger partial charge in [-0.1, -0.05) is 42.5 Å². The second kappa shape index (κ2) is 8.37. The van der Waals surface area contributed by atoms with Gasteiger partial charge in [-0.3, -0.25) is 4.90 Å². The first-order valence-electron chi connectivity index (χ1n) is 8.91. The fraction of sp³-hybridized carbons (Fsp3) is 0.429. The average Bonchev–Trinajstić information content (AvgIpc) is 3.06. The van der Waals surface area contributed by atoms with E-state index < -0.39 is 0 Å². The zero-order valence-electron chi connectivity index (χ0n) is 15.1. The van der Waals surface area contributed by atoms with E-state index in [-0.39, 0.29) is 5.60 Å². The molecule has 0 N–H and O–H groups in total. The molecule has 1 aliphatic heterocycles. The summed E-state index contributed by atoms with van der Waals surface area (Å²) in [4.78, 5) is 2.43. The van der Waals surface area contributed by atoms with Crippen molar-refractivity contribution in [2.45, 2.75) is 25.5 Å². The Morgan fingerprint density at radius 2 is 1.64 bits per heavy atom. The molecule has 1 atom stereocenters. The van der Waals surface area contributed by atoms with Crippen molar-refractivity contribution >= 4 is 0 Å². The fourth-order valence-corrected chi connectivity index (χ4v) is 3.30. The number of methoxy groups -OCH3 is 1. The van der Waals surface area contributed by atoms with E-state index in [0.29, 0.717) is 13.2 Å². The molecule has 4 heteroatoms. The summed E-state index contributed by atoms with van der Waals surface area (Å²) in [6.45, 7) is 5.96. The summed E-state index contributed by atoms with van der Waals surface area (Å²) in [7, 11) is 1.78. The minimum Gasteiger partial charge on any atom is -0.490 e. The maximum Gasteiger partial charge on any atom is 0.161 e. The van der Waals surface area contributed by atoms with Crippen molar-refractivity contribution in [1.29, 1.82) is 0 Å². The van der Waals surface area contributed by atoms with E-state index >= 15 is 0 Å². The van der Waals surface area contributed by atoms with Crippen molar-refractivity contribution in [1.82, 2.24) is 4.90 Å². The molecular formula is C21H27NO3. The second-order valence-electron chi connectivity index (χ2n) is 6.50. The first kappa shape index (κ1) is 17.8. The predicted molar refractivity (Wildman–Crippen MR) is 99.2 cm³/mol. The summed E-state index contributed by atoms with van der Waals surface area (Å²) in [5, 5.41) is 0. The van der Waals surface area contributed by atoms with Crippen LogP contribution in [0.3, 0.4) is 0 Å². The Kier molecular flexibility index (Phi) is 5.95. The SMILES string of the molecule is CCOc1ccccc1OCC1(OC)CCN(Cc2ccccc2)C1. The summed E-state index contributed by atoms with van der Waals surface area (Å²) in [6.07, 6.45) is 0.965. The third-order valence-electron chi connectivity index (χ3n) is 4.72. The molecule has 134 valence electrons. The molecule has 1 heterocycles. The molecule has 1 unspecified atom stereocenters. The van der Waals surface area contributed by atoms with Gasteiger partial charge < -0.3 is 14.2 Å². The van der Waals surface area contributed by atoms with Crippen LogP contribution in [0, 0.1) is 0 Å². The number of rotatable bonds is 8. The van der Waals surface area contributed by atoms with Crippen molar-refractivity contribution < 1.29 is 14.2 Å². The van der Waals surface area contributed by atoms with Gasteiger partial charge in [0.25, 0.3) is 0 Å². The van der Waals surface area contributed by atoms with Crippen molar-refractivity contribution in [2.75, 3.05) is 33.4 Å². The van der Waals surface area contributed by atoms with Gasteiger partial charge in [-0.05, 0) is 31.0 Å². The average molecular weight is 341 g/mol. The van der Waals surface area contributed by atoms with Gasteiger partial charge in [-0.15, -0.1) is 0 Å². The topological polar surface area (TPSA) is 30.9 Å². The largest absolute Gasteiger partial charge is 0.490 e. The molecule has 1 aliphatic rings. The number of likely N-dealkylation sites (tertiary alicyclic amines) is 1. The molecule has 3 rings (SSSR count). The van der Waals surface area contributed by atoms with Crippen molar-refractivity contribution in [3.05, 3.63) is 60.2 Å². The Morgan fingerprint density at radius 3 is 2.32 bits per heavy atom. The quantitative estimate of drug-likeness (QED) is 0.732. The molecule has 25 heavy (non-hydrogen) atoms. The Morgan fingerprint density at radius 1 is 0.960 bits per heavy atom. The predicted octanol–water partition coefficient (Wildman–Crippen LogP) is 3.76. The van der Waals surface area contributed by atoms with E-state index in [4.69, 9.17) is 14.2 Å². The molecule has 0 spiro atoms. The van der Waals surface area contributed by atoms with E-state index in [1.54, 1.807) is 7.11 Å². The highest BCUT2D eigenvalue weighted by Gasteiger charge is 2.39. The molecule has 4 nitrogen and oxygen atoms in total. The summed E-state index contributed by atoms with van der Waals surface area (Å²) < 4.78 is 17.6. The van der Waals surface area contributed by atoms with Gasteiger partial charge in [0.15, 0.2) is 11.5 Å².